The Kier molecular flexibility index (Phi) is 3.64. The van der Waals surface area contributed by atoms with Gasteiger partial charge in [0.05, 0.1) is 6.61 Å². The number of nitrogens with one attached hydrogen (secondary N) is 1. The molecule has 2 rings (SSSR count). The normalized spacial score (nSPS) is 32.9. The van der Waals surface area contributed by atoms with Crippen LogP contribution >= 0.6 is 23.8 Å². The predicted molar refractivity (Wildman–Crippen MR) is 62.5 cm³/mol. The van der Waals surface area contributed by atoms with Crippen LogP contribution in [0.25, 0.3) is 0 Å². The van der Waals surface area contributed by atoms with Crippen molar-refractivity contribution in [1.29, 1.82) is 0 Å². The summed E-state index contributed by atoms with van der Waals surface area (Å²) in [6, 6.07) is 1.52. The third-order valence-electron chi connectivity index (χ3n) is 2.60. The maximum atomic E-state index is 11.6. The molecule has 0 amide bonds. The van der Waals surface area contributed by atoms with Gasteiger partial charge < -0.3 is 14.9 Å². The number of ether oxygens (including phenoxy) is 1. The van der Waals surface area contributed by atoms with Gasteiger partial charge in [-0.3, -0.25) is 9.55 Å². The molecule has 1 aliphatic rings. The van der Waals surface area contributed by atoms with Gasteiger partial charge in [-0.2, -0.15) is 0 Å². The Labute approximate surface area is 106 Å². The van der Waals surface area contributed by atoms with Crippen LogP contribution < -0.4 is 5.69 Å². The molecule has 2 heterocycles. The number of aromatic nitrogens is 2. The quantitative estimate of drug-likeness (QED) is 0.514. The molecule has 0 aromatic carbocycles. The van der Waals surface area contributed by atoms with Crippen molar-refractivity contribution < 1.29 is 14.9 Å². The van der Waals surface area contributed by atoms with Crippen molar-refractivity contribution in [2.45, 2.75) is 23.8 Å². The summed E-state index contributed by atoms with van der Waals surface area (Å²) < 4.78 is 6.82. The molecule has 1 aromatic rings. The van der Waals surface area contributed by atoms with E-state index in [0.29, 0.717) is 4.64 Å². The van der Waals surface area contributed by atoms with E-state index in [2.05, 4.69) is 4.98 Å². The highest BCUT2D eigenvalue weighted by Gasteiger charge is 2.43. The Balaban J connectivity index is 2.35. The molecule has 2 unspecified atom stereocenters. The molecule has 1 saturated heterocycles. The monoisotopic (exact) mass is 278 g/mol. The third-order valence-corrected chi connectivity index (χ3v) is 3.31. The summed E-state index contributed by atoms with van der Waals surface area (Å²) in [6.45, 7) is -0.363. The Morgan fingerprint density at radius 1 is 1.65 bits per heavy atom. The van der Waals surface area contributed by atoms with Gasteiger partial charge in [0.1, 0.15) is 22.2 Å². The second kappa shape index (κ2) is 4.87. The van der Waals surface area contributed by atoms with Crippen molar-refractivity contribution in [3.05, 3.63) is 27.4 Å². The van der Waals surface area contributed by atoms with E-state index in [0.717, 1.165) is 0 Å². The minimum atomic E-state index is -1.03. The summed E-state index contributed by atoms with van der Waals surface area (Å²) in [4.78, 5) is 14.1. The van der Waals surface area contributed by atoms with Crippen LogP contribution in [0.2, 0.25) is 0 Å². The summed E-state index contributed by atoms with van der Waals surface area (Å²) in [7, 11) is 0. The zero-order valence-electron chi connectivity index (χ0n) is 8.62. The van der Waals surface area contributed by atoms with E-state index in [1.54, 1.807) is 0 Å². The first-order chi connectivity index (χ1) is 8.04. The van der Waals surface area contributed by atoms with Gasteiger partial charge in [-0.05, 0) is 6.07 Å². The first-order valence-corrected chi connectivity index (χ1v) is 5.79. The molecule has 1 aromatic heterocycles. The average Bonchev–Trinajstić information content (AvgIpc) is 2.57. The van der Waals surface area contributed by atoms with Crippen LogP contribution in [0.4, 0.5) is 0 Å². The number of aliphatic hydroxyl groups excluding tert-OH is 2. The van der Waals surface area contributed by atoms with E-state index in [4.69, 9.17) is 33.7 Å². The van der Waals surface area contributed by atoms with Crippen molar-refractivity contribution in [3.8, 4) is 0 Å². The highest BCUT2D eigenvalue weighted by Crippen LogP contribution is 2.32. The van der Waals surface area contributed by atoms with Crippen LogP contribution in [0.3, 0.4) is 0 Å². The van der Waals surface area contributed by atoms with Gasteiger partial charge in [0.15, 0.2) is 6.23 Å². The molecule has 8 heteroatoms. The summed E-state index contributed by atoms with van der Waals surface area (Å²) >= 11 is 10.8. The van der Waals surface area contributed by atoms with Crippen molar-refractivity contribution in [2.75, 3.05) is 6.61 Å². The molecule has 1 aliphatic heterocycles. The molecule has 0 bridgehead atoms. The first-order valence-electron chi connectivity index (χ1n) is 4.94. The van der Waals surface area contributed by atoms with E-state index in [1.807, 2.05) is 0 Å². The fourth-order valence-electron chi connectivity index (χ4n) is 1.71. The van der Waals surface area contributed by atoms with E-state index in [-0.39, 0.29) is 6.61 Å². The van der Waals surface area contributed by atoms with Gasteiger partial charge in [-0.25, -0.2) is 4.79 Å². The van der Waals surface area contributed by atoms with Gasteiger partial charge >= 0.3 is 5.69 Å². The van der Waals surface area contributed by atoms with Crippen LogP contribution in [-0.2, 0) is 4.74 Å². The number of H-pyrrole nitrogens is 1. The van der Waals surface area contributed by atoms with Crippen LogP contribution in [0, 0.1) is 4.64 Å². The largest absolute Gasteiger partial charge is 0.394 e. The molecule has 17 heavy (non-hydrogen) atoms. The smallest absolute Gasteiger partial charge is 0.328 e. The van der Waals surface area contributed by atoms with Crippen LogP contribution in [-0.4, -0.2) is 44.0 Å². The zero-order chi connectivity index (χ0) is 12.6. The van der Waals surface area contributed by atoms with Crippen molar-refractivity contribution in [2.24, 2.45) is 0 Å². The minimum absolute atomic E-state index is 0.301. The van der Waals surface area contributed by atoms with E-state index in [9.17, 15) is 9.90 Å². The maximum Gasteiger partial charge on any atom is 0.328 e. The lowest BCUT2D eigenvalue weighted by Gasteiger charge is -2.16. The van der Waals surface area contributed by atoms with Crippen molar-refractivity contribution in [3.63, 3.8) is 0 Å². The van der Waals surface area contributed by atoms with Gasteiger partial charge in [0.2, 0.25) is 0 Å². The second-order valence-corrected chi connectivity index (χ2v) is 4.64. The minimum Gasteiger partial charge on any atom is -0.394 e. The zero-order valence-corrected chi connectivity index (χ0v) is 10.2. The van der Waals surface area contributed by atoms with E-state index >= 15 is 0 Å². The second-order valence-electron chi connectivity index (χ2n) is 3.70. The Hall–Kier alpha value is -0.730. The van der Waals surface area contributed by atoms with E-state index < -0.39 is 29.5 Å². The molecule has 0 aliphatic carbocycles. The summed E-state index contributed by atoms with van der Waals surface area (Å²) in [6.07, 6.45) is -1.21. The predicted octanol–water partition coefficient (Wildman–Crippen LogP) is -0.236. The van der Waals surface area contributed by atoms with Gasteiger partial charge in [0.25, 0.3) is 0 Å². The van der Waals surface area contributed by atoms with Gasteiger partial charge in [0, 0.05) is 6.20 Å². The Morgan fingerprint density at radius 2 is 2.35 bits per heavy atom. The first kappa shape index (κ1) is 12.7. The number of hydrogen-bond acceptors (Lipinski definition) is 5. The Bertz CT molecular complexity index is 516. The number of halogens is 1. The number of alkyl halides is 1. The molecular weight excluding hydrogens is 268 g/mol. The molecule has 6 nitrogen and oxygen atoms in total. The van der Waals surface area contributed by atoms with Crippen molar-refractivity contribution >= 4 is 23.8 Å². The topological polar surface area (TPSA) is 87.5 Å². The highest BCUT2D eigenvalue weighted by molar-refractivity contribution is 7.71. The van der Waals surface area contributed by atoms with Crippen LogP contribution in [0.1, 0.15) is 6.23 Å². The van der Waals surface area contributed by atoms with E-state index in [1.165, 1.54) is 16.8 Å². The van der Waals surface area contributed by atoms with Crippen LogP contribution in [0.15, 0.2) is 17.1 Å². The molecule has 3 N–H and O–H groups in total. The van der Waals surface area contributed by atoms with Crippen molar-refractivity contribution in [1.82, 2.24) is 9.55 Å². The molecule has 0 saturated carbocycles. The number of nitrogens with zero attached hydrogens (tertiary/aromatic N) is 1. The summed E-state index contributed by atoms with van der Waals surface area (Å²) in [5.74, 6) is 0. The van der Waals surface area contributed by atoms with Crippen LogP contribution in [0.5, 0.6) is 0 Å². The number of aliphatic hydroxyl groups is 2. The van der Waals surface area contributed by atoms with Gasteiger partial charge in [-0.1, -0.05) is 12.2 Å². The SMILES string of the molecule is O=c1[nH]c(=S)ccn1[C@H]1O[C@@H](CO)C(O)C1Cl. The summed E-state index contributed by atoms with van der Waals surface area (Å²) in [5, 5.41) is 17.8. The third kappa shape index (κ3) is 2.29. The molecule has 4 atom stereocenters. The molecule has 0 radical (unpaired) electrons. The molecule has 94 valence electrons. The highest BCUT2D eigenvalue weighted by atomic mass is 35.5. The lowest BCUT2D eigenvalue weighted by atomic mass is 10.2. The lowest BCUT2D eigenvalue weighted by Crippen LogP contribution is -2.32. The average molecular weight is 279 g/mol. The summed E-state index contributed by atoms with van der Waals surface area (Å²) in [5.41, 5.74) is -0.473. The molecule has 1 fully saturated rings. The molecule has 0 spiro atoms. The fraction of sp³-hybridized carbons (Fsp3) is 0.556. The molecular formula is C9H11ClN2O4S. The fourth-order valence-corrected chi connectivity index (χ4v) is 2.20. The standard InChI is InChI=1S/C9H11ClN2O4S/c10-6-7(14)4(3-13)16-8(6)12-2-1-5(17)11-9(12)15/h1-2,4,6-8,13-14H,3H2,(H,11,15,17)/t4-,6?,7?,8-/m0/s1. The van der Waals surface area contributed by atoms with Gasteiger partial charge in [-0.15, -0.1) is 11.6 Å². The number of rotatable bonds is 2. The number of aromatic amines is 1. The maximum absolute atomic E-state index is 11.6. The Morgan fingerprint density at radius 3 is 2.88 bits per heavy atom. The number of hydrogen-bond donors (Lipinski definition) is 3. The lowest BCUT2D eigenvalue weighted by molar-refractivity contribution is -0.0457.